The van der Waals surface area contributed by atoms with Gasteiger partial charge >= 0.3 is 0 Å². The number of likely N-dealkylation sites (tertiary alicyclic amines) is 1. The van der Waals surface area contributed by atoms with Gasteiger partial charge in [-0.1, -0.05) is 65.0 Å². The molecule has 1 aliphatic rings. The van der Waals surface area contributed by atoms with Gasteiger partial charge in [-0.25, -0.2) is 4.98 Å². The predicted molar refractivity (Wildman–Crippen MR) is 107 cm³/mol. The smallest absolute Gasteiger partial charge is 0.223 e. The van der Waals surface area contributed by atoms with Gasteiger partial charge in [0, 0.05) is 29.9 Å². The van der Waals surface area contributed by atoms with Crippen molar-refractivity contribution in [2.45, 2.75) is 25.4 Å². The molecule has 1 fully saturated rings. The standard InChI is InChI=1S/C21H20BrN3O/c1-15(22)12-25-19-10-6-5-9-18(19)23-21(25)17-11-20(26)24(14-17)13-16-7-3-2-4-8-16/h2-10,17H,1,11-14H2. The predicted octanol–water partition coefficient (Wildman–Crippen LogP) is 4.46. The molecule has 1 atom stereocenters. The molecule has 0 spiro atoms. The molecule has 0 radical (unpaired) electrons. The van der Waals surface area contributed by atoms with Crippen LogP contribution in [0.4, 0.5) is 0 Å². The van der Waals surface area contributed by atoms with E-state index in [1.807, 2.05) is 41.3 Å². The van der Waals surface area contributed by atoms with Crippen molar-refractivity contribution in [1.29, 1.82) is 0 Å². The molecule has 2 aromatic carbocycles. The van der Waals surface area contributed by atoms with E-state index in [0.29, 0.717) is 26.1 Å². The first-order chi connectivity index (χ1) is 12.6. The number of carbonyl (C=O) groups excluding carboxylic acids is 1. The van der Waals surface area contributed by atoms with E-state index in [0.717, 1.165) is 26.9 Å². The number of aromatic nitrogens is 2. The van der Waals surface area contributed by atoms with Gasteiger partial charge in [0.1, 0.15) is 5.82 Å². The average Bonchev–Trinajstić information content (AvgIpc) is 3.17. The highest BCUT2D eigenvalue weighted by atomic mass is 79.9. The van der Waals surface area contributed by atoms with Gasteiger partial charge in [-0.15, -0.1) is 0 Å². The Kier molecular flexibility index (Phi) is 4.64. The van der Waals surface area contributed by atoms with E-state index >= 15 is 0 Å². The van der Waals surface area contributed by atoms with Crippen molar-refractivity contribution in [2.24, 2.45) is 0 Å². The quantitative estimate of drug-likeness (QED) is 0.623. The van der Waals surface area contributed by atoms with E-state index in [1.54, 1.807) is 0 Å². The maximum absolute atomic E-state index is 12.6. The first kappa shape index (κ1) is 17.0. The van der Waals surface area contributed by atoms with E-state index in [1.165, 1.54) is 0 Å². The van der Waals surface area contributed by atoms with Crippen molar-refractivity contribution >= 4 is 32.9 Å². The summed E-state index contributed by atoms with van der Waals surface area (Å²) in [5.41, 5.74) is 3.20. The van der Waals surface area contributed by atoms with Gasteiger partial charge in [-0.05, 0) is 17.7 Å². The molecule has 2 heterocycles. The Balaban J connectivity index is 1.63. The maximum Gasteiger partial charge on any atom is 0.223 e. The first-order valence-corrected chi connectivity index (χ1v) is 9.51. The third kappa shape index (κ3) is 3.31. The normalized spacial score (nSPS) is 17.2. The summed E-state index contributed by atoms with van der Waals surface area (Å²) in [6.45, 7) is 5.99. The second-order valence-corrected chi connectivity index (χ2v) is 7.84. The number of carbonyl (C=O) groups is 1. The number of para-hydroxylation sites is 2. The molecule has 5 heteroatoms. The van der Waals surface area contributed by atoms with Crippen LogP contribution in [0.25, 0.3) is 11.0 Å². The molecule has 1 aliphatic heterocycles. The summed E-state index contributed by atoms with van der Waals surface area (Å²) in [4.78, 5) is 19.4. The second kappa shape index (κ2) is 7.08. The first-order valence-electron chi connectivity index (χ1n) is 8.72. The molecule has 26 heavy (non-hydrogen) atoms. The van der Waals surface area contributed by atoms with Crippen molar-refractivity contribution < 1.29 is 4.79 Å². The molecule has 4 rings (SSSR count). The minimum Gasteiger partial charge on any atom is -0.338 e. The van der Waals surface area contributed by atoms with Crippen LogP contribution in [0, 0.1) is 0 Å². The summed E-state index contributed by atoms with van der Waals surface area (Å²) in [5.74, 6) is 1.26. The Morgan fingerprint density at radius 1 is 1.15 bits per heavy atom. The second-order valence-electron chi connectivity index (χ2n) is 6.72. The number of hydrogen-bond acceptors (Lipinski definition) is 2. The zero-order valence-corrected chi connectivity index (χ0v) is 16.0. The Morgan fingerprint density at radius 3 is 2.65 bits per heavy atom. The molecule has 1 amide bonds. The molecule has 1 saturated heterocycles. The molecule has 1 unspecified atom stereocenters. The van der Waals surface area contributed by atoms with E-state index in [2.05, 4.69) is 45.3 Å². The Morgan fingerprint density at radius 2 is 1.88 bits per heavy atom. The van der Waals surface area contributed by atoms with Gasteiger partial charge in [0.2, 0.25) is 5.91 Å². The monoisotopic (exact) mass is 409 g/mol. The van der Waals surface area contributed by atoms with E-state index < -0.39 is 0 Å². The number of amides is 1. The fourth-order valence-corrected chi connectivity index (χ4v) is 3.90. The minimum atomic E-state index is 0.102. The van der Waals surface area contributed by atoms with Gasteiger partial charge < -0.3 is 9.47 Å². The fraction of sp³-hybridized carbons (Fsp3) is 0.238. The van der Waals surface area contributed by atoms with Crippen molar-refractivity contribution in [3.63, 3.8) is 0 Å². The summed E-state index contributed by atoms with van der Waals surface area (Å²) < 4.78 is 3.07. The Labute approximate surface area is 161 Å². The molecule has 4 nitrogen and oxygen atoms in total. The van der Waals surface area contributed by atoms with Crippen LogP contribution in [0.15, 0.2) is 65.7 Å². The van der Waals surface area contributed by atoms with Gasteiger partial charge in [-0.3, -0.25) is 4.79 Å². The van der Waals surface area contributed by atoms with Crippen molar-refractivity contribution in [3.8, 4) is 0 Å². The van der Waals surface area contributed by atoms with Crippen molar-refractivity contribution in [1.82, 2.24) is 14.5 Å². The highest BCUT2D eigenvalue weighted by Crippen LogP contribution is 2.32. The molecular formula is C21H20BrN3O. The van der Waals surface area contributed by atoms with Gasteiger partial charge in [-0.2, -0.15) is 0 Å². The van der Waals surface area contributed by atoms with Crippen molar-refractivity contribution in [3.05, 3.63) is 77.0 Å². The van der Waals surface area contributed by atoms with Crippen LogP contribution in [0.5, 0.6) is 0 Å². The van der Waals surface area contributed by atoms with Crippen LogP contribution in [0.3, 0.4) is 0 Å². The Bertz CT molecular complexity index is 964. The molecule has 0 aliphatic carbocycles. The lowest BCUT2D eigenvalue weighted by Crippen LogP contribution is -2.24. The Hall–Kier alpha value is -2.40. The SMILES string of the molecule is C=C(Br)Cn1c(C2CC(=O)N(Cc3ccccc3)C2)nc2ccccc21. The third-order valence-electron chi connectivity index (χ3n) is 4.81. The van der Waals surface area contributed by atoms with E-state index in [-0.39, 0.29) is 11.8 Å². The third-order valence-corrected chi connectivity index (χ3v) is 5.06. The molecule has 0 N–H and O–H groups in total. The number of imidazole rings is 1. The highest BCUT2D eigenvalue weighted by molar-refractivity contribution is 9.11. The molecule has 0 saturated carbocycles. The lowest BCUT2D eigenvalue weighted by molar-refractivity contribution is -0.128. The van der Waals surface area contributed by atoms with Gasteiger partial charge in [0.05, 0.1) is 17.6 Å². The molecule has 1 aromatic heterocycles. The molecule has 0 bridgehead atoms. The summed E-state index contributed by atoms with van der Waals surface area (Å²) >= 11 is 3.47. The number of allylic oxidation sites excluding steroid dienone is 1. The summed E-state index contributed by atoms with van der Waals surface area (Å²) in [6, 6.07) is 18.2. The number of rotatable bonds is 5. The van der Waals surface area contributed by atoms with E-state index in [4.69, 9.17) is 4.98 Å². The van der Waals surface area contributed by atoms with Crippen LogP contribution in [0.2, 0.25) is 0 Å². The highest BCUT2D eigenvalue weighted by Gasteiger charge is 2.33. The van der Waals surface area contributed by atoms with Crippen LogP contribution in [-0.4, -0.2) is 26.9 Å². The topological polar surface area (TPSA) is 38.1 Å². The lowest BCUT2D eigenvalue weighted by atomic mass is 10.1. The molecule has 3 aromatic rings. The van der Waals surface area contributed by atoms with Crippen LogP contribution < -0.4 is 0 Å². The van der Waals surface area contributed by atoms with Gasteiger partial charge in [0.15, 0.2) is 0 Å². The molecular weight excluding hydrogens is 390 g/mol. The maximum atomic E-state index is 12.6. The zero-order valence-electron chi connectivity index (χ0n) is 14.4. The lowest BCUT2D eigenvalue weighted by Gasteiger charge is -2.17. The number of hydrogen-bond donors (Lipinski definition) is 0. The average molecular weight is 410 g/mol. The van der Waals surface area contributed by atoms with Gasteiger partial charge in [0.25, 0.3) is 0 Å². The largest absolute Gasteiger partial charge is 0.338 e. The zero-order chi connectivity index (χ0) is 18.1. The van der Waals surface area contributed by atoms with Crippen LogP contribution in [0.1, 0.15) is 23.7 Å². The molecule has 132 valence electrons. The minimum absolute atomic E-state index is 0.102. The number of benzene rings is 2. The van der Waals surface area contributed by atoms with Crippen LogP contribution >= 0.6 is 15.9 Å². The summed E-state index contributed by atoms with van der Waals surface area (Å²) in [5, 5.41) is 0. The number of halogens is 1. The number of nitrogens with zero attached hydrogens (tertiary/aromatic N) is 3. The summed E-state index contributed by atoms with van der Waals surface area (Å²) in [6.07, 6.45) is 0.505. The summed E-state index contributed by atoms with van der Waals surface area (Å²) in [7, 11) is 0. The van der Waals surface area contributed by atoms with Crippen LogP contribution in [-0.2, 0) is 17.9 Å². The number of fused-ring (bicyclic) bond motifs is 1. The van der Waals surface area contributed by atoms with E-state index in [9.17, 15) is 4.79 Å². The van der Waals surface area contributed by atoms with Crippen molar-refractivity contribution in [2.75, 3.05) is 6.54 Å². The fourth-order valence-electron chi connectivity index (χ4n) is 3.65.